The monoisotopic (exact) mass is 281 g/mol. The van der Waals surface area contributed by atoms with Crippen LogP contribution in [0.15, 0.2) is 12.3 Å². The number of pyridine rings is 1. The summed E-state index contributed by atoms with van der Waals surface area (Å²) >= 11 is 7.64. The molecule has 0 amide bonds. The van der Waals surface area contributed by atoms with Crippen molar-refractivity contribution >= 4 is 40.0 Å². The van der Waals surface area contributed by atoms with Crippen molar-refractivity contribution in [3.8, 4) is 0 Å². The van der Waals surface area contributed by atoms with Crippen LogP contribution in [0.1, 0.15) is 17.3 Å². The third-order valence-electron chi connectivity index (χ3n) is 1.18. The van der Waals surface area contributed by atoms with E-state index in [1.807, 2.05) is 22.6 Å². The minimum atomic E-state index is -0.00981. The summed E-state index contributed by atoms with van der Waals surface area (Å²) in [5, 5.41) is 0.496. The van der Waals surface area contributed by atoms with E-state index in [1.165, 1.54) is 13.1 Å². The van der Waals surface area contributed by atoms with Crippen LogP contribution in [0.2, 0.25) is 5.02 Å². The molecule has 0 fully saturated rings. The molecule has 4 heteroatoms. The second-order valence-electron chi connectivity index (χ2n) is 2.05. The van der Waals surface area contributed by atoms with E-state index >= 15 is 0 Å². The minimum absolute atomic E-state index is 0.00981. The van der Waals surface area contributed by atoms with Crippen LogP contribution in [0.4, 0.5) is 0 Å². The highest BCUT2D eigenvalue weighted by atomic mass is 127. The zero-order valence-electron chi connectivity index (χ0n) is 5.77. The van der Waals surface area contributed by atoms with Gasteiger partial charge in [-0.05, 0) is 35.6 Å². The van der Waals surface area contributed by atoms with Gasteiger partial charge in [0.05, 0.1) is 10.6 Å². The van der Waals surface area contributed by atoms with Gasteiger partial charge in [0.15, 0.2) is 5.78 Å². The molecule has 0 saturated heterocycles. The average Bonchev–Trinajstić information content (AvgIpc) is 1.94. The van der Waals surface area contributed by atoms with Crippen LogP contribution in [0.5, 0.6) is 0 Å². The highest BCUT2D eigenvalue weighted by Crippen LogP contribution is 2.15. The van der Waals surface area contributed by atoms with Crippen molar-refractivity contribution in [1.82, 2.24) is 4.98 Å². The first-order valence-electron chi connectivity index (χ1n) is 2.93. The highest BCUT2D eigenvalue weighted by Gasteiger charge is 2.05. The lowest BCUT2D eigenvalue weighted by atomic mass is 10.2. The second kappa shape index (κ2) is 3.49. The third kappa shape index (κ3) is 2.13. The van der Waals surface area contributed by atoms with Gasteiger partial charge in [0.1, 0.15) is 3.70 Å². The number of carbonyl (C=O) groups excluding carboxylic acids is 1. The fraction of sp³-hybridized carbons (Fsp3) is 0.143. The lowest BCUT2D eigenvalue weighted by molar-refractivity contribution is 0.101. The number of hydrogen-bond donors (Lipinski definition) is 0. The predicted octanol–water partition coefficient (Wildman–Crippen LogP) is 2.54. The Bertz CT molecular complexity index is 300. The van der Waals surface area contributed by atoms with Gasteiger partial charge in [-0.1, -0.05) is 11.6 Å². The normalized spacial score (nSPS) is 9.73. The second-order valence-corrected chi connectivity index (χ2v) is 3.51. The van der Waals surface area contributed by atoms with E-state index in [-0.39, 0.29) is 5.78 Å². The van der Waals surface area contributed by atoms with Crippen molar-refractivity contribution in [2.75, 3.05) is 0 Å². The van der Waals surface area contributed by atoms with E-state index < -0.39 is 0 Å². The standard InChI is InChI=1S/C7H5ClINO/c1-4(11)6-2-5(8)3-10-7(6)9/h2-3H,1H3. The molecule has 1 aromatic rings. The summed E-state index contributed by atoms with van der Waals surface area (Å²) in [6, 6.07) is 1.62. The first-order chi connectivity index (χ1) is 5.11. The molecule has 11 heavy (non-hydrogen) atoms. The average molecular weight is 281 g/mol. The Balaban J connectivity index is 3.23. The molecular formula is C7H5ClINO. The number of rotatable bonds is 1. The first kappa shape index (κ1) is 8.93. The van der Waals surface area contributed by atoms with Crippen LogP contribution in [-0.2, 0) is 0 Å². The molecular weight excluding hydrogens is 276 g/mol. The van der Waals surface area contributed by atoms with Crippen LogP contribution < -0.4 is 0 Å². The van der Waals surface area contributed by atoms with Crippen molar-refractivity contribution in [2.45, 2.75) is 6.92 Å². The van der Waals surface area contributed by atoms with Gasteiger partial charge in [-0.15, -0.1) is 0 Å². The van der Waals surface area contributed by atoms with Crippen LogP contribution in [0, 0.1) is 3.70 Å². The number of halogens is 2. The summed E-state index contributed by atoms with van der Waals surface area (Å²) in [6.45, 7) is 1.50. The molecule has 0 unspecified atom stereocenters. The zero-order chi connectivity index (χ0) is 8.43. The summed E-state index contributed by atoms with van der Waals surface area (Å²) in [5.74, 6) is -0.00981. The van der Waals surface area contributed by atoms with Crippen LogP contribution in [0.25, 0.3) is 0 Å². The smallest absolute Gasteiger partial charge is 0.162 e. The number of aromatic nitrogens is 1. The SMILES string of the molecule is CC(=O)c1cc(Cl)cnc1I. The Morgan fingerprint density at radius 2 is 2.36 bits per heavy atom. The van der Waals surface area contributed by atoms with Gasteiger partial charge in [-0.2, -0.15) is 0 Å². The number of nitrogens with zero attached hydrogens (tertiary/aromatic N) is 1. The molecule has 0 aromatic carbocycles. The molecule has 1 rings (SSSR count). The maximum absolute atomic E-state index is 10.9. The molecule has 0 aliphatic rings. The van der Waals surface area contributed by atoms with Crippen molar-refractivity contribution in [3.63, 3.8) is 0 Å². The molecule has 0 atom stereocenters. The van der Waals surface area contributed by atoms with E-state index in [4.69, 9.17) is 11.6 Å². The highest BCUT2D eigenvalue weighted by molar-refractivity contribution is 14.1. The Labute approximate surface area is 83.1 Å². The van der Waals surface area contributed by atoms with Crippen LogP contribution in [0.3, 0.4) is 0 Å². The van der Waals surface area contributed by atoms with Gasteiger partial charge in [-0.3, -0.25) is 4.79 Å². The summed E-state index contributed by atoms with van der Waals surface area (Å²) in [4.78, 5) is 14.8. The molecule has 0 N–H and O–H groups in total. The number of hydrogen-bond acceptors (Lipinski definition) is 2. The fourth-order valence-electron chi connectivity index (χ4n) is 0.669. The Kier molecular flexibility index (Phi) is 2.84. The topological polar surface area (TPSA) is 30.0 Å². The summed E-state index contributed by atoms with van der Waals surface area (Å²) in [5.41, 5.74) is 0.582. The summed E-state index contributed by atoms with van der Waals surface area (Å²) < 4.78 is 0.694. The van der Waals surface area contributed by atoms with Crippen molar-refractivity contribution in [3.05, 3.63) is 26.5 Å². The molecule has 0 aliphatic carbocycles. The van der Waals surface area contributed by atoms with Gasteiger partial charge < -0.3 is 0 Å². The van der Waals surface area contributed by atoms with Crippen molar-refractivity contribution in [2.24, 2.45) is 0 Å². The third-order valence-corrected chi connectivity index (χ3v) is 2.25. The molecule has 1 heterocycles. The summed E-state index contributed by atoms with van der Waals surface area (Å²) in [7, 11) is 0. The van der Waals surface area contributed by atoms with Gasteiger partial charge >= 0.3 is 0 Å². The van der Waals surface area contributed by atoms with E-state index in [2.05, 4.69) is 4.98 Å². The quantitative estimate of drug-likeness (QED) is 0.450. The van der Waals surface area contributed by atoms with Crippen molar-refractivity contribution in [1.29, 1.82) is 0 Å². The maximum Gasteiger partial charge on any atom is 0.162 e. The molecule has 0 saturated carbocycles. The Hall–Kier alpha value is -0.160. The Morgan fingerprint density at radius 3 is 2.82 bits per heavy atom. The van der Waals surface area contributed by atoms with E-state index in [1.54, 1.807) is 6.07 Å². The molecule has 2 nitrogen and oxygen atoms in total. The molecule has 0 aliphatic heterocycles. The largest absolute Gasteiger partial charge is 0.294 e. The van der Waals surface area contributed by atoms with Crippen LogP contribution in [-0.4, -0.2) is 10.8 Å². The molecule has 0 radical (unpaired) electrons. The van der Waals surface area contributed by atoms with Gasteiger partial charge in [0, 0.05) is 6.20 Å². The molecule has 0 spiro atoms. The number of Topliss-reactive ketones (excluding diaryl/α,β-unsaturated/α-hetero) is 1. The minimum Gasteiger partial charge on any atom is -0.294 e. The van der Waals surface area contributed by atoms with Gasteiger partial charge in [0.2, 0.25) is 0 Å². The number of carbonyl (C=O) groups is 1. The van der Waals surface area contributed by atoms with Gasteiger partial charge in [0.25, 0.3) is 0 Å². The Morgan fingerprint density at radius 1 is 1.73 bits per heavy atom. The number of ketones is 1. The first-order valence-corrected chi connectivity index (χ1v) is 4.39. The fourth-order valence-corrected chi connectivity index (χ4v) is 1.50. The zero-order valence-corrected chi connectivity index (χ0v) is 8.68. The van der Waals surface area contributed by atoms with E-state index in [0.29, 0.717) is 14.3 Å². The molecule has 58 valence electrons. The van der Waals surface area contributed by atoms with Crippen LogP contribution >= 0.6 is 34.2 Å². The molecule has 1 aromatic heterocycles. The summed E-state index contributed by atoms with van der Waals surface area (Å²) in [6.07, 6.45) is 1.52. The lowest BCUT2D eigenvalue weighted by Crippen LogP contribution is -1.97. The lowest BCUT2D eigenvalue weighted by Gasteiger charge is -1.97. The maximum atomic E-state index is 10.9. The van der Waals surface area contributed by atoms with E-state index in [0.717, 1.165) is 0 Å². The van der Waals surface area contributed by atoms with Gasteiger partial charge in [-0.25, -0.2) is 4.98 Å². The van der Waals surface area contributed by atoms with Crippen molar-refractivity contribution < 1.29 is 4.79 Å². The predicted molar refractivity (Wildman–Crippen MR) is 52.0 cm³/mol. The van der Waals surface area contributed by atoms with E-state index in [9.17, 15) is 4.79 Å². The molecule has 0 bridgehead atoms.